The van der Waals surface area contributed by atoms with E-state index in [9.17, 15) is 0 Å². The molecule has 0 aliphatic carbocycles. The third-order valence-corrected chi connectivity index (χ3v) is 13.1. The number of ether oxygens (including phenoxy) is 4. The number of nitrogens with one attached hydrogen (secondary N) is 1. The van der Waals surface area contributed by atoms with Gasteiger partial charge in [0.25, 0.3) is 0 Å². The summed E-state index contributed by atoms with van der Waals surface area (Å²) in [6, 6.07) is 10.6. The van der Waals surface area contributed by atoms with Crippen LogP contribution in [0.15, 0.2) is 76.8 Å². The molecule has 0 bridgehead atoms. The third-order valence-electron chi connectivity index (χ3n) is 13.1. The average molecular weight is 886 g/mol. The maximum absolute atomic E-state index is 8.73. The Hall–Kier alpha value is -5.08. The minimum absolute atomic E-state index is 0.402. The summed E-state index contributed by atoms with van der Waals surface area (Å²) < 4.78 is 25.3. The molecule has 3 aliphatic heterocycles. The fraction of sp³-hybridized carbons (Fsp3) is 0.538. The van der Waals surface area contributed by atoms with Crippen LogP contribution >= 0.6 is 0 Å². The summed E-state index contributed by atoms with van der Waals surface area (Å²) in [7, 11) is 3.38. The minimum atomic E-state index is 0.402. The van der Waals surface area contributed by atoms with Crippen molar-refractivity contribution in [3.05, 3.63) is 89.3 Å². The van der Waals surface area contributed by atoms with E-state index in [1.165, 1.54) is 23.1 Å². The summed E-state index contributed by atoms with van der Waals surface area (Å²) in [6.07, 6.45) is 22.9. The predicted molar refractivity (Wildman–Crippen MR) is 263 cm³/mol. The Balaban J connectivity index is 1.25. The lowest BCUT2D eigenvalue weighted by atomic mass is 9.89. The van der Waals surface area contributed by atoms with Crippen molar-refractivity contribution in [3.63, 3.8) is 0 Å². The Kier molecular flexibility index (Phi) is 18.0. The number of imidazole rings is 1. The zero-order valence-corrected chi connectivity index (χ0v) is 39.6. The van der Waals surface area contributed by atoms with Gasteiger partial charge in [0.1, 0.15) is 30.3 Å². The van der Waals surface area contributed by atoms with Crippen molar-refractivity contribution in [2.45, 2.75) is 98.0 Å². The Bertz CT molecular complexity index is 2320. The second-order valence-corrected chi connectivity index (χ2v) is 17.6. The van der Waals surface area contributed by atoms with Crippen LogP contribution < -0.4 is 9.64 Å². The second-order valence-electron chi connectivity index (χ2n) is 17.6. The Morgan fingerprint density at radius 1 is 0.923 bits per heavy atom. The quantitative estimate of drug-likeness (QED) is 0.0680. The van der Waals surface area contributed by atoms with E-state index >= 15 is 0 Å². The molecule has 2 aromatic carbocycles. The zero-order chi connectivity index (χ0) is 45.4. The molecule has 2 aromatic heterocycles. The number of methoxy groups -OCH3 is 2. The highest BCUT2D eigenvalue weighted by Gasteiger charge is 2.26. The molecule has 0 amide bonds. The first-order valence-corrected chi connectivity index (χ1v) is 24.0. The van der Waals surface area contributed by atoms with Crippen LogP contribution in [0.4, 0.5) is 11.5 Å². The molecule has 7 rings (SSSR count). The molecule has 65 heavy (non-hydrogen) atoms. The second kappa shape index (κ2) is 24.4. The van der Waals surface area contributed by atoms with Gasteiger partial charge in [-0.1, -0.05) is 38.5 Å². The Morgan fingerprint density at radius 2 is 1.80 bits per heavy atom. The van der Waals surface area contributed by atoms with E-state index in [4.69, 9.17) is 44.3 Å². The smallest absolute Gasteiger partial charge is 0.135 e. The van der Waals surface area contributed by atoms with Gasteiger partial charge in [-0.25, -0.2) is 19.9 Å². The maximum atomic E-state index is 8.73. The number of fused-ring (bicyclic) bond motifs is 1. The van der Waals surface area contributed by atoms with Gasteiger partial charge >= 0.3 is 0 Å². The summed E-state index contributed by atoms with van der Waals surface area (Å²) in [5.41, 5.74) is 10.2. The van der Waals surface area contributed by atoms with Crippen molar-refractivity contribution in [2.24, 2.45) is 21.8 Å². The van der Waals surface area contributed by atoms with E-state index in [1.54, 1.807) is 20.5 Å². The minimum Gasteiger partial charge on any atom is -0.491 e. The van der Waals surface area contributed by atoms with Gasteiger partial charge in [-0.3, -0.25) is 14.5 Å². The van der Waals surface area contributed by atoms with Crippen molar-refractivity contribution >= 4 is 40.2 Å². The molecule has 13 nitrogen and oxygen atoms in total. The fourth-order valence-electron chi connectivity index (χ4n) is 9.66. The van der Waals surface area contributed by atoms with Crippen LogP contribution in [-0.2, 0) is 33.7 Å². The molecule has 0 saturated carbocycles. The van der Waals surface area contributed by atoms with Crippen LogP contribution in [0.2, 0.25) is 0 Å². The molecular weight excluding hydrogens is 815 g/mol. The zero-order valence-electron chi connectivity index (χ0n) is 39.6. The number of allylic oxidation sites excluding steroid dienone is 3. The first-order valence-electron chi connectivity index (χ1n) is 24.0. The molecule has 348 valence electrons. The van der Waals surface area contributed by atoms with Crippen molar-refractivity contribution < 1.29 is 18.9 Å². The summed E-state index contributed by atoms with van der Waals surface area (Å²) in [5.74, 6) is 3.64. The summed E-state index contributed by atoms with van der Waals surface area (Å²) in [5, 5.41) is 8.73. The number of aromatic nitrogens is 4. The number of aryl methyl sites for hydroxylation is 2. The number of anilines is 1. The lowest BCUT2D eigenvalue weighted by Crippen LogP contribution is -2.31. The van der Waals surface area contributed by atoms with Gasteiger partial charge in [0.05, 0.1) is 54.5 Å². The normalized spacial score (nSPS) is 19.0. The highest BCUT2D eigenvalue weighted by molar-refractivity contribution is 6.31. The summed E-state index contributed by atoms with van der Waals surface area (Å²) in [6.45, 7) is 13.3. The van der Waals surface area contributed by atoms with E-state index in [0.29, 0.717) is 51.4 Å². The van der Waals surface area contributed by atoms with E-state index < -0.39 is 0 Å². The molecule has 2 fully saturated rings. The maximum Gasteiger partial charge on any atom is 0.135 e. The van der Waals surface area contributed by atoms with Gasteiger partial charge in [0, 0.05) is 82.1 Å². The van der Waals surface area contributed by atoms with Crippen molar-refractivity contribution in [2.75, 3.05) is 78.3 Å². The fourth-order valence-corrected chi connectivity index (χ4v) is 9.66. The lowest BCUT2D eigenvalue weighted by Gasteiger charge is -2.30. The van der Waals surface area contributed by atoms with Crippen LogP contribution in [0.1, 0.15) is 94.1 Å². The summed E-state index contributed by atoms with van der Waals surface area (Å²) in [4.78, 5) is 29.8. The van der Waals surface area contributed by atoms with Gasteiger partial charge in [0.2, 0.25) is 0 Å². The number of aliphatic imine (C=N–C) groups is 2. The number of nitrogens with zero attached hydrogens (tertiary/aromatic N) is 8. The predicted octanol–water partition coefficient (Wildman–Crippen LogP) is 9.63. The molecule has 13 heteroatoms. The molecule has 0 spiro atoms. The molecule has 2 unspecified atom stereocenters. The largest absolute Gasteiger partial charge is 0.491 e. The number of hydrogen-bond acceptors (Lipinski definition) is 12. The molecule has 2 atom stereocenters. The SMILES string of the molecule is CCC1=CCC=CN=C1C1CCCN(C/C(C=N)=N/c2c(C)cc(COCCOC)cc2-n2c(CC3CCCCN(c4ncncc4CC)CC3)nc3ccc(OCCOC)cc32)CC1. The first-order chi connectivity index (χ1) is 31.9. The molecule has 2 saturated heterocycles. The topological polar surface area (TPSA) is 136 Å². The van der Waals surface area contributed by atoms with Gasteiger partial charge in [-0.15, -0.1) is 0 Å². The van der Waals surface area contributed by atoms with E-state index in [2.05, 4.69) is 76.5 Å². The number of rotatable bonds is 20. The molecule has 4 aromatic rings. The first kappa shape index (κ1) is 47.9. The Morgan fingerprint density at radius 3 is 2.63 bits per heavy atom. The highest BCUT2D eigenvalue weighted by Crippen LogP contribution is 2.37. The Labute approximate surface area is 386 Å². The molecular formula is C52H71N9O4. The van der Waals surface area contributed by atoms with Gasteiger partial charge in [-0.2, -0.15) is 0 Å². The van der Waals surface area contributed by atoms with E-state index in [0.717, 1.165) is 153 Å². The average Bonchev–Trinajstić information content (AvgIpc) is 3.45. The van der Waals surface area contributed by atoms with Crippen LogP contribution in [0, 0.1) is 24.2 Å². The van der Waals surface area contributed by atoms with Crippen LogP contribution in [-0.4, -0.2) is 115 Å². The lowest BCUT2D eigenvalue weighted by molar-refractivity contribution is 0.0616. The molecule has 3 aliphatic rings. The van der Waals surface area contributed by atoms with Crippen molar-refractivity contribution in [3.8, 4) is 11.4 Å². The monoisotopic (exact) mass is 886 g/mol. The van der Waals surface area contributed by atoms with Crippen LogP contribution in [0.3, 0.4) is 0 Å². The van der Waals surface area contributed by atoms with Crippen LogP contribution in [0.5, 0.6) is 5.75 Å². The van der Waals surface area contributed by atoms with E-state index in [1.807, 2.05) is 18.5 Å². The van der Waals surface area contributed by atoms with E-state index in [-0.39, 0.29) is 0 Å². The van der Waals surface area contributed by atoms with Crippen LogP contribution in [0.25, 0.3) is 16.7 Å². The van der Waals surface area contributed by atoms with Gasteiger partial charge < -0.3 is 29.3 Å². The van der Waals surface area contributed by atoms with Gasteiger partial charge in [0.15, 0.2) is 0 Å². The number of likely N-dealkylation sites (tertiary alicyclic amines) is 1. The highest BCUT2D eigenvalue weighted by atomic mass is 16.5. The number of benzene rings is 2. The number of hydrogen-bond donors (Lipinski definition) is 1. The summed E-state index contributed by atoms with van der Waals surface area (Å²) >= 11 is 0. The standard InChI is InChI=1S/C52H71N9O4/c1-6-41-14-8-10-20-55-51(41)43-15-12-21-59(23-19-43)35-44(33-53)57-50-38(3)29-40(36-64-27-25-62-4)30-48(50)61-47-32-45(65-28-26-63-5)16-17-46(47)58-49(61)31-39-13-9-11-22-60(24-18-39)52-42(7-2)34-54-37-56-52/h10,14,16-17,20,29-30,32-34,37,39,43,53H,6-9,11-13,15,18-19,21-28,31,35-36H2,1-5H3/b53-33?,57-44+. The van der Waals surface area contributed by atoms with Crippen molar-refractivity contribution in [1.29, 1.82) is 5.41 Å². The molecule has 0 radical (unpaired) electrons. The third kappa shape index (κ3) is 12.6. The van der Waals surface area contributed by atoms with Crippen molar-refractivity contribution in [1.82, 2.24) is 24.4 Å². The van der Waals surface area contributed by atoms with Gasteiger partial charge in [-0.05, 0) is 119 Å². The molecule has 1 N–H and O–H groups in total. The molecule has 5 heterocycles.